The lowest BCUT2D eigenvalue weighted by Crippen LogP contribution is -2.32. The molecule has 0 aliphatic heterocycles. The number of nitrogen functional groups attached to an aromatic ring is 1. The molecule has 0 bridgehead atoms. The Balaban J connectivity index is 2.31. The molecule has 0 saturated carbocycles. The molecule has 0 saturated heterocycles. The summed E-state index contributed by atoms with van der Waals surface area (Å²) in [5.41, 5.74) is 12.9. The third-order valence-corrected chi connectivity index (χ3v) is 2.63. The third-order valence-electron chi connectivity index (χ3n) is 2.63. The molecule has 0 radical (unpaired) electrons. The lowest BCUT2D eigenvalue weighted by Gasteiger charge is -2.07. The van der Waals surface area contributed by atoms with Gasteiger partial charge in [-0.15, -0.1) is 0 Å². The highest BCUT2D eigenvalue weighted by Crippen LogP contribution is 2.18. The Morgan fingerprint density at radius 2 is 2.28 bits per heavy atom. The average Bonchev–Trinajstić information content (AvgIpc) is 2.66. The first-order valence-electron chi connectivity index (χ1n) is 5.50. The van der Waals surface area contributed by atoms with Crippen molar-refractivity contribution in [1.82, 2.24) is 14.9 Å². The van der Waals surface area contributed by atoms with E-state index in [0.717, 1.165) is 11.0 Å². The van der Waals surface area contributed by atoms with Crippen molar-refractivity contribution in [2.75, 3.05) is 12.3 Å². The SMILES string of the molecule is NC(=O)NCCn1c(CO)nc2cc(N)ccc21. The van der Waals surface area contributed by atoms with Crippen molar-refractivity contribution >= 4 is 22.8 Å². The minimum atomic E-state index is -0.575. The van der Waals surface area contributed by atoms with E-state index in [0.29, 0.717) is 24.6 Å². The molecule has 0 aliphatic carbocycles. The fourth-order valence-corrected chi connectivity index (χ4v) is 1.86. The molecule has 0 spiro atoms. The molecule has 0 atom stereocenters. The maximum absolute atomic E-state index is 10.6. The molecule has 1 aromatic heterocycles. The number of rotatable bonds is 4. The van der Waals surface area contributed by atoms with E-state index in [1.807, 2.05) is 10.6 Å². The van der Waals surface area contributed by atoms with Crippen LogP contribution in [0.25, 0.3) is 11.0 Å². The van der Waals surface area contributed by atoms with Gasteiger partial charge in [0.1, 0.15) is 12.4 Å². The summed E-state index contributed by atoms with van der Waals surface area (Å²) in [4.78, 5) is 14.9. The number of nitrogens with one attached hydrogen (secondary N) is 1. The number of carbonyl (C=O) groups excluding carboxylic acids is 1. The fraction of sp³-hybridized carbons (Fsp3) is 0.273. The molecule has 2 aromatic rings. The summed E-state index contributed by atoms with van der Waals surface area (Å²) in [5.74, 6) is 0.530. The number of amides is 2. The van der Waals surface area contributed by atoms with E-state index >= 15 is 0 Å². The van der Waals surface area contributed by atoms with Crippen molar-refractivity contribution in [2.24, 2.45) is 5.73 Å². The lowest BCUT2D eigenvalue weighted by atomic mass is 10.3. The predicted octanol–water partition coefficient (Wildman–Crippen LogP) is -0.221. The van der Waals surface area contributed by atoms with Gasteiger partial charge in [0.05, 0.1) is 11.0 Å². The summed E-state index contributed by atoms with van der Waals surface area (Å²) in [6.07, 6.45) is 0. The smallest absolute Gasteiger partial charge is 0.312 e. The van der Waals surface area contributed by atoms with Crippen molar-refractivity contribution in [3.8, 4) is 0 Å². The highest BCUT2D eigenvalue weighted by Gasteiger charge is 2.09. The van der Waals surface area contributed by atoms with Crippen LogP contribution in [-0.2, 0) is 13.2 Å². The monoisotopic (exact) mass is 249 g/mol. The quantitative estimate of drug-likeness (QED) is 0.560. The van der Waals surface area contributed by atoms with Crippen LogP contribution >= 0.6 is 0 Å². The van der Waals surface area contributed by atoms with Gasteiger partial charge in [-0.3, -0.25) is 0 Å². The first-order valence-corrected chi connectivity index (χ1v) is 5.50. The van der Waals surface area contributed by atoms with E-state index in [1.165, 1.54) is 0 Å². The molecular weight excluding hydrogens is 234 g/mol. The summed E-state index contributed by atoms with van der Waals surface area (Å²) in [5, 5.41) is 11.8. The second-order valence-electron chi connectivity index (χ2n) is 3.88. The van der Waals surface area contributed by atoms with Crippen molar-refractivity contribution in [2.45, 2.75) is 13.2 Å². The minimum Gasteiger partial charge on any atom is -0.399 e. The van der Waals surface area contributed by atoms with Gasteiger partial charge in [-0.1, -0.05) is 0 Å². The molecule has 1 aromatic carbocycles. The van der Waals surface area contributed by atoms with E-state index in [1.54, 1.807) is 12.1 Å². The van der Waals surface area contributed by atoms with Crippen LogP contribution in [0.2, 0.25) is 0 Å². The Labute approximate surface area is 103 Å². The molecule has 1 heterocycles. The second kappa shape index (κ2) is 4.92. The molecule has 2 amide bonds. The Bertz CT molecular complexity index is 578. The number of urea groups is 1. The molecule has 2 rings (SSSR count). The minimum absolute atomic E-state index is 0.175. The van der Waals surface area contributed by atoms with Gasteiger partial charge >= 0.3 is 6.03 Å². The Morgan fingerprint density at radius 1 is 1.50 bits per heavy atom. The molecule has 0 aliphatic rings. The Kier molecular flexibility index (Phi) is 3.33. The van der Waals surface area contributed by atoms with Crippen LogP contribution < -0.4 is 16.8 Å². The largest absolute Gasteiger partial charge is 0.399 e. The second-order valence-corrected chi connectivity index (χ2v) is 3.88. The highest BCUT2D eigenvalue weighted by molar-refractivity contribution is 5.79. The zero-order valence-electron chi connectivity index (χ0n) is 9.76. The summed E-state index contributed by atoms with van der Waals surface area (Å²) in [6.45, 7) is 0.683. The van der Waals surface area contributed by atoms with Crippen molar-refractivity contribution in [3.63, 3.8) is 0 Å². The van der Waals surface area contributed by atoms with E-state index < -0.39 is 6.03 Å². The molecule has 0 unspecified atom stereocenters. The van der Waals surface area contributed by atoms with Gasteiger partial charge < -0.3 is 26.5 Å². The normalized spacial score (nSPS) is 10.7. The van der Waals surface area contributed by atoms with E-state index in [2.05, 4.69) is 10.3 Å². The van der Waals surface area contributed by atoms with E-state index in [4.69, 9.17) is 11.5 Å². The highest BCUT2D eigenvalue weighted by atomic mass is 16.3. The fourth-order valence-electron chi connectivity index (χ4n) is 1.86. The van der Waals surface area contributed by atoms with Crippen LogP contribution in [0, 0.1) is 0 Å². The van der Waals surface area contributed by atoms with Crippen molar-refractivity contribution in [3.05, 3.63) is 24.0 Å². The van der Waals surface area contributed by atoms with Crippen LogP contribution in [0.3, 0.4) is 0 Å². The molecule has 96 valence electrons. The zero-order chi connectivity index (χ0) is 13.1. The predicted molar refractivity (Wildman–Crippen MR) is 67.7 cm³/mol. The Morgan fingerprint density at radius 3 is 2.94 bits per heavy atom. The number of hydrogen-bond acceptors (Lipinski definition) is 4. The maximum Gasteiger partial charge on any atom is 0.312 e. The number of anilines is 1. The summed E-state index contributed by atoms with van der Waals surface area (Å²) < 4.78 is 1.82. The molecule has 7 nitrogen and oxygen atoms in total. The van der Waals surface area contributed by atoms with E-state index in [9.17, 15) is 9.90 Å². The van der Waals surface area contributed by atoms with Gasteiger partial charge in [-0.25, -0.2) is 9.78 Å². The number of carbonyl (C=O) groups is 1. The first-order chi connectivity index (χ1) is 8.61. The zero-order valence-corrected chi connectivity index (χ0v) is 9.76. The number of aromatic nitrogens is 2. The first kappa shape index (κ1) is 12.2. The van der Waals surface area contributed by atoms with Gasteiger partial charge in [0.2, 0.25) is 0 Å². The van der Waals surface area contributed by atoms with Crippen LogP contribution in [0.15, 0.2) is 18.2 Å². The molecular formula is C11H15N5O2. The van der Waals surface area contributed by atoms with Crippen LogP contribution in [-0.4, -0.2) is 27.2 Å². The molecule has 7 heteroatoms. The number of fused-ring (bicyclic) bond motifs is 1. The van der Waals surface area contributed by atoms with Crippen LogP contribution in [0.4, 0.5) is 10.5 Å². The van der Waals surface area contributed by atoms with Crippen LogP contribution in [0.5, 0.6) is 0 Å². The maximum atomic E-state index is 10.6. The van der Waals surface area contributed by atoms with Gasteiger partial charge in [0.25, 0.3) is 0 Å². The van der Waals surface area contributed by atoms with Gasteiger partial charge in [-0.05, 0) is 18.2 Å². The van der Waals surface area contributed by atoms with Crippen molar-refractivity contribution in [1.29, 1.82) is 0 Å². The van der Waals surface area contributed by atoms with Crippen molar-refractivity contribution < 1.29 is 9.90 Å². The number of aliphatic hydroxyl groups excluding tert-OH is 1. The number of nitrogens with two attached hydrogens (primary N) is 2. The average molecular weight is 249 g/mol. The van der Waals surface area contributed by atoms with Gasteiger partial charge in [-0.2, -0.15) is 0 Å². The number of primary amides is 1. The Hall–Kier alpha value is -2.28. The molecule has 6 N–H and O–H groups in total. The van der Waals surface area contributed by atoms with Gasteiger partial charge in [0.15, 0.2) is 0 Å². The molecule has 18 heavy (non-hydrogen) atoms. The number of hydrogen-bond donors (Lipinski definition) is 4. The number of aliphatic hydroxyl groups is 1. The standard InChI is InChI=1S/C11H15N5O2/c12-7-1-2-9-8(5-7)15-10(6-17)16(9)4-3-14-11(13)18/h1-2,5,17H,3-4,6,12H2,(H3,13,14,18). The third kappa shape index (κ3) is 2.35. The number of nitrogens with zero attached hydrogens (tertiary/aromatic N) is 2. The summed E-state index contributed by atoms with van der Waals surface area (Å²) >= 11 is 0. The number of benzene rings is 1. The summed E-state index contributed by atoms with van der Waals surface area (Å²) in [6, 6.07) is 4.77. The topological polar surface area (TPSA) is 119 Å². The van der Waals surface area contributed by atoms with Crippen LogP contribution in [0.1, 0.15) is 5.82 Å². The summed E-state index contributed by atoms with van der Waals surface area (Å²) in [7, 11) is 0. The lowest BCUT2D eigenvalue weighted by molar-refractivity contribution is 0.248. The molecule has 0 fully saturated rings. The van der Waals surface area contributed by atoms with Gasteiger partial charge in [0, 0.05) is 18.8 Å². The van der Waals surface area contributed by atoms with E-state index in [-0.39, 0.29) is 6.61 Å². The number of imidazole rings is 1.